The highest BCUT2D eigenvalue weighted by molar-refractivity contribution is 7.89. The van der Waals surface area contributed by atoms with E-state index in [1.165, 1.54) is 14.2 Å². The number of likely N-dealkylation sites (tertiary alicyclic amines) is 1. The molecule has 0 spiro atoms. The average Bonchev–Trinajstić information content (AvgIpc) is 3.06. The van der Waals surface area contributed by atoms with Crippen molar-refractivity contribution in [3.8, 4) is 11.5 Å². The number of ether oxygens (including phenoxy) is 2. The van der Waals surface area contributed by atoms with Crippen molar-refractivity contribution in [1.82, 2.24) is 14.8 Å². The van der Waals surface area contributed by atoms with Gasteiger partial charge in [0.05, 0.1) is 14.2 Å². The zero-order chi connectivity index (χ0) is 21.2. The summed E-state index contributed by atoms with van der Waals surface area (Å²) in [6.45, 7) is 3.98. The van der Waals surface area contributed by atoms with Crippen LogP contribution in [0.1, 0.15) is 34.7 Å². The number of aryl methyl sites for hydroxylation is 2. The van der Waals surface area contributed by atoms with E-state index in [0.717, 1.165) is 0 Å². The van der Waals surface area contributed by atoms with Crippen LogP contribution in [0.15, 0.2) is 27.6 Å². The molecule has 1 aromatic heterocycles. The van der Waals surface area contributed by atoms with E-state index in [4.69, 9.17) is 14.0 Å². The van der Waals surface area contributed by atoms with Crippen LogP contribution in [0.3, 0.4) is 0 Å². The van der Waals surface area contributed by atoms with Gasteiger partial charge in [0, 0.05) is 19.1 Å². The summed E-state index contributed by atoms with van der Waals surface area (Å²) in [5.74, 6) is 0.934. The highest BCUT2D eigenvalue weighted by Crippen LogP contribution is 2.30. The zero-order valence-electron chi connectivity index (χ0n) is 16.9. The minimum atomic E-state index is -3.74. The SMILES string of the molecule is COc1cccc(OC)c1C(=O)N1CCC(NS(=O)(=O)c2c(C)noc2C)CC1. The van der Waals surface area contributed by atoms with Crippen LogP contribution in [-0.4, -0.2) is 57.7 Å². The maximum absolute atomic E-state index is 13.0. The second-order valence-electron chi connectivity index (χ2n) is 6.88. The van der Waals surface area contributed by atoms with Gasteiger partial charge in [-0.1, -0.05) is 11.2 Å². The maximum atomic E-state index is 13.0. The fourth-order valence-corrected chi connectivity index (χ4v) is 5.19. The van der Waals surface area contributed by atoms with E-state index in [1.807, 2.05) is 0 Å². The molecule has 158 valence electrons. The van der Waals surface area contributed by atoms with Crippen molar-refractivity contribution in [2.24, 2.45) is 0 Å². The van der Waals surface area contributed by atoms with Crippen LogP contribution in [0.5, 0.6) is 11.5 Å². The lowest BCUT2D eigenvalue weighted by atomic mass is 10.0. The summed E-state index contributed by atoms with van der Waals surface area (Å²) < 4.78 is 43.7. The van der Waals surface area contributed by atoms with Gasteiger partial charge >= 0.3 is 0 Å². The summed E-state index contributed by atoms with van der Waals surface area (Å²) in [7, 11) is -0.736. The molecule has 1 aromatic carbocycles. The first-order valence-corrected chi connectivity index (χ1v) is 10.7. The summed E-state index contributed by atoms with van der Waals surface area (Å²) >= 11 is 0. The fraction of sp³-hybridized carbons (Fsp3) is 0.474. The van der Waals surface area contributed by atoms with Gasteiger partial charge in [0.2, 0.25) is 10.0 Å². The van der Waals surface area contributed by atoms with Crippen LogP contribution in [-0.2, 0) is 10.0 Å². The van der Waals surface area contributed by atoms with Crippen LogP contribution >= 0.6 is 0 Å². The lowest BCUT2D eigenvalue weighted by Gasteiger charge is -2.32. The Kier molecular flexibility index (Phi) is 6.13. The number of nitrogens with one attached hydrogen (secondary N) is 1. The Hall–Kier alpha value is -2.59. The Labute approximate surface area is 170 Å². The Balaban J connectivity index is 1.69. The van der Waals surface area contributed by atoms with Gasteiger partial charge in [-0.2, -0.15) is 0 Å². The molecule has 1 aliphatic rings. The number of hydrogen-bond donors (Lipinski definition) is 1. The van der Waals surface area contributed by atoms with Crippen molar-refractivity contribution >= 4 is 15.9 Å². The number of rotatable bonds is 6. The summed E-state index contributed by atoms with van der Waals surface area (Å²) in [6.07, 6.45) is 0.984. The minimum absolute atomic E-state index is 0.0785. The molecule has 0 bridgehead atoms. The Morgan fingerprint density at radius 1 is 1.17 bits per heavy atom. The molecule has 0 radical (unpaired) electrons. The fourth-order valence-electron chi connectivity index (χ4n) is 3.56. The van der Waals surface area contributed by atoms with Gasteiger partial charge in [0.15, 0.2) is 5.76 Å². The third kappa shape index (κ3) is 4.23. The number of aromatic nitrogens is 1. The van der Waals surface area contributed by atoms with Crippen molar-refractivity contribution in [2.75, 3.05) is 27.3 Å². The molecular weight excluding hydrogens is 398 g/mol. The second-order valence-corrected chi connectivity index (χ2v) is 8.53. The van der Waals surface area contributed by atoms with E-state index in [0.29, 0.717) is 48.7 Å². The van der Waals surface area contributed by atoms with Crippen LogP contribution in [0, 0.1) is 13.8 Å². The number of nitrogens with zero attached hydrogens (tertiary/aromatic N) is 2. The first-order valence-electron chi connectivity index (χ1n) is 9.24. The van der Waals surface area contributed by atoms with Crippen molar-refractivity contribution in [3.05, 3.63) is 35.2 Å². The topological polar surface area (TPSA) is 111 Å². The smallest absolute Gasteiger partial charge is 0.261 e. The van der Waals surface area contributed by atoms with Gasteiger partial charge in [0.25, 0.3) is 5.91 Å². The summed E-state index contributed by atoms with van der Waals surface area (Å²) in [4.78, 5) is 14.8. The minimum Gasteiger partial charge on any atom is -0.496 e. The van der Waals surface area contributed by atoms with Gasteiger partial charge in [0.1, 0.15) is 27.7 Å². The Bertz CT molecular complexity index is 952. The van der Waals surface area contributed by atoms with Gasteiger partial charge in [-0.15, -0.1) is 0 Å². The molecule has 1 N–H and O–H groups in total. The lowest BCUT2D eigenvalue weighted by Crippen LogP contribution is -2.46. The molecule has 0 aliphatic carbocycles. The van der Waals surface area contributed by atoms with Crippen molar-refractivity contribution < 1.29 is 27.2 Å². The second kappa shape index (κ2) is 8.42. The molecule has 0 atom stereocenters. The average molecular weight is 423 g/mol. The first kappa shape index (κ1) is 21.1. The molecule has 10 heteroatoms. The molecule has 3 rings (SSSR count). The third-order valence-corrected chi connectivity index (χ3v) is 6.75. The van der Waals surface area contributed by atoms with Crippen molar-refractivity contribution in [3.63, 3.8) is 0 Å². The standard InChI is InChI=1S/C19H25N3O6S/c1-12-18(13(2)28-20-12)29(24,25)21-14-8-10-22(11-9-14)19(23)17-15(26-3)6-5-7-16(17)27-4/h5-7,14,21H,8-11H2,1-4H3. The number of benzene rings is 1. The largest absolute Gasteiger partial charge is 0.496 e. The van der Waals surface area contributed by atoms with E-state index in [9.17, 15) is 13.2 Å². The summed E-state index contributed by atoms with van der Waals surface area (Å²) in [5.41, 5.74) is 0.693. The molecule has 2 heterocycles. The molecule has 1 aliphatic heterocycles. The molecule has 0 unspecified atom stereocenters. The maximum Gasteiger partial charge on any atom is 0.261 e. The number of hydrogen-bond acceptors (Lipinski definition) is 7. The number of carbonyl (C=O) groups excluding carboxylic acids is 1. The molecule has 0 saturated carbocycles. The van der Waals surface area contributed by atoms with E-state index >= 15 is 0 Å². The number of piperidine rings is 1. The number of carbonyl (C=O) groups is 1. The number of methoxy groups -OCH3 is 2. The molecule has 1 fully saturated rings. The summed E-state index contributed by atoms with van der Waals surface area (Å²) in [6, 6.07) is 4.89. The van der Waals surface area contributed by atoms with Crippen LogP contribution in [0.25, 0.3) is 0 Å². The highest BCUT2D eigenvalue weighted by Gasteiger charge is 2.32. The third-order valence-electron chi connectivity index (χ3n) is 4.98. The van der Waals surface area contributed by atoms with E-state index < -0.39 is 10.0 Å². The number of sulfonamides is 1. The quantitative estimate of drug-likeness (QED) is 0.755. The Morgan fingerprint density at radius 3 is 2.24 bits per heavy atom. The molecule has 2 aromatic rings. The van der Waals surface area contributed by atoms with Crippen LogP contribution in [0.2, 0.25) is 0 Å². The normalized spacial score (nSPS) is 15.4. The van der Waals surface area contributed by atoms with E-state index in [1.54, 1.807) is 36.9 Å². The Morgan fingerprint density at radius 2 is 1.76 bits per heavy atom. The van der Waals surface area contributed by atoms with Gasteiger partial charge < -0.3 is 18.9 Å². The van der Waals surface area contributed by atoms with E-state index in [-0.39, 0.29) is 22.6 Å². The predicted octanol–water partition coefficient (Wildman–Crippen LogP) is 1.89. The lowest BCUT2D eigenvalue weighted by molar-refractivity contribution is 0.0704. The monoisotopic (exact) mass is 423 g/mol. The van der Waals surface area contributed by atoms with Gasteiger partial charge in [-0.3, -0.25) is 4.79 Å². The molecule has 1 amide bonds. The van der Waals surface area contributed by atoms with E-state index in [2.05, 4.69) is 9.88 Å². The highest BCUT2D eigenvalue weighted by atomic mass is 32.2. The van der Waals surface area contributed by atoms with Crippen molar-refractivity contribution in [2.45, 2.75) is 37.6 Å². The van der Waals surface area contributed by atoms with Gasteiger partial charge in [-0.05, 0) is 38.8 Å². The predicted molar refractivity (Wildman–Crippen MR) is 105 cm³/mol. The van der Waals surface area contributed by atoms with Crippen molar-refractivity contribution in [1.29, 1.82) is 0 Å². The van der Waals surface area contributed by atoms with Gasteiger partial charge in [-0.25, -0.2) is 13.1 Å². The molecule has 9 nitrogen and oxygen atoms in total. The van der Waals surface area contributed by atoms with Crippen LogP contribution in [0.4, 0.5) is 0 Å². The molecule has 29 heavy (non-hydrogen) atoms. The first-order chi connectivity index (χ1) is 13.8. The molecular formula is C19H25N3O6S. The van der Waals surface area contributed by atoms with Crippen LogP contribution < -0.4 is 14.2 Å². The molecule has 1 saturated heterocycles. The zero-order valence-corrected chi connectivity index (χ0v) is 17.7. The summed E-state index contributed by atoms with van der Waals surface area (Å²) in [5, 5.41) is 3.71. The number of amides is 1.